The van der Waals surface area contributed by atoms with Crippen molar-refractivity contribution in [3.63, 3.8) is 0 Å². The van der Waals surface area contributed by atoms with Gasteiger partial charge in [0.2, 0.25) is 23.6 Å². The Kier molecular flexibility index (Phi) is 19.5. The van der Waals surface area contributed by atoms with Crippen molar-refractivity contribution in [2.75, 3.05) is 13.1 Å². The Hall–Kier alpha value is -4.93. The average molecular weight is 705 g/mol. The smallest absolute Gasteiger partial charge is 0.326 e. The van der Waals surface area contributed by atoms with Gasteiger partial charge in [0.15, 0.2) is 5.96 Å². The molecule has 0 saturated carbocycles. The first-order chi connectivity index (χ1) is 23.5. The zero-order chi connectivity index (χ0) is 37.8. The lowest BCUT2D eigenvalue weighted by molar-refractivity contribution is -0.142. The van der Waals surface area contributed by atoms with Crippen molar-refractivity contribution in [1.82, 2.24) is 26.6 Å². The quantitative estimate of drug-likeness (QED) is 0.0383. The highest BCUT2D eigenvalue weighted by atomic mass is 16.4. The summed E-state index contributed by atoms with van der Waals surface area (Å²) in [5, 5.41) is 22.9. The monoisotopic (exact) mass is 704 g/mol. The van der Waals surface area contributed by atoms with E-state index in [0.29, 0.717) is 18.4 Å². The number of carboxylic acids is 1. The minimum atomic E-state index is -1.24. The van der Waals surface area contributed by atoms with E-state index in [1.807, 2.05) is 20.8 Å². The van der Waals surface area contributed by atoms with E-state index in [9.17, 15) is 33.9 Å². The van der Waals surface area contributed by atoms with Crippen molar-refractivity contribution in [3.8, 4) is 0 Å². The maximum absolute atomic E-state index is 13.7. The topological polar surface area (TPSA) is 299 Å². The molecule has 1 rings (SSSR count). The lowest BCUT2D eigenvalue weighted by Crippen LogP contribution is -2.60. The number of hydrogen-bond acceptors (Lipinski definition) is 8. The molecule has 280 valence electrons. The van der Waals surface area contributed by atoms with Gasteiger partial charge in [0, 0.05) is 19.5 Å². The molecule has 0 unspecified atom stereocenters. The molecule has 1 aromatic rings. The predicted octanol–water partition coefficient (Wildman–Crippen LogP) is -0.826. The summed E-state index contributed by atoms with van der Waals surface area (Å²) in [6, 6.07) is 2.50. The number of carboxylic acid groups (broad SMARTS) is 1. The van der Waals surface area contributed by atoms with Crippen LogP contribution in [0.5, 0.6) is 0 Å². The normalized spacial score (nSPS) is 14.5. The molecule has 14 N–H and O–H groups in total. The number of urea groups is 1. The Morgan fingerprint density at radius 3 is 1.94 bits per heavy atom. The van der Waals surface area contributed by atoms with Crippen LogP contribution >= 0.6 is 0 Å². The molecule has 0 aliphatic heterocycles. The first kappa shape index (κ1) is 43.1. The van der Waals surface area contributed by atoms with Crippen LogP contribution < -0.4 is 49.5 Å². The van der Waals surface area contributed by atoms with Gasteiger partial charge < -0.3 is 54.6 Å². The van der Waals surface area contributed by atoms with E-state index in [1.165, 1.54) is 0 Å². The molecule has 0 heterocycles. The lowest BCUT2D eigenvalue weighted by atomic mass is 9.96. The third kappa shape index (κ3) is 16.9. The molecule has 0 aliphatic carbocycles. The van der Waals surface area contributed by atoms with Gasteiger partial charge in [-0.2, -0.15) is 0 Å². The second kappa shape index (κ2) is 22.7. The second-order valence-electron chi connectivity index (χ2n) is 12.7. The molecular formula is C33H56N10O7. The molecule has 1 aromatic carbocycles. The number of guanidine groups is 1. The minimum absolute atomic E-state index is 0.0388. The number of amides is 6. The summed E-state index contributed by atoms with van der Waals surface area (Å²) in [5.74, 6) is -4.40. The molecule has 0 radical (unpaired) electrons. The number of carbonyl (C=O) groups is 6. The van der Waals surface area contributed by atoms with E-state index in [4.69, 9.17) is 22.9 Å². The Morgan fingerprint density at radius 2 is 1.38 bits per heavy atom. The van der Waals surface area contributed by atoms with Crippen LogP contribution in [0, 0.1) is 11.8 Å². The third-order valence-corrected chi connectivity index (χ3v) is 7.94. The van der Waals surface area contributed by atoms with Crippen LogP contribution in [0.1, 0.15) is 71.8 Å². The summed E-state index contributed by atoms with van der Waals surface area (Å²) in [6.45, 7) is 7.67. The molecule has 0 bridgehead atoms. The maximum atomic E-state index is 13.7. The van der Waals surface area contributed by atoms with Crippen molar-refractivity contribution in [1.29, 1.82) is 0 Å². The van der Waals surface area contributed by atoms with Gasteiger partial charge in [-0.05, 0) is 49.5 Å². The van der Waals surface area contributed by atoms with Crippen LogP contribution in [0.25, 0.3) is 0 Å². The molecular weight excluding hydrogens is 648 g/mol. The summed E-state index contributed by atoms with van der Waals surface area (Å²) in [4.78, 5) is 80.8. The van der Waals surface area contributed by atoms with Crippen molar-refractivity contribution >= 4 is 41.6 Å². The number of nitrogens with two attached hydrogens (primary N) is 4. The number of rotatable bonds is 23. The van der Waals surface area contributed by atoms with E-state index >= 15 is 0 Å². The number of nitrogens with zero attached hydrogens (tertiary/aromatic N) is 1. The largest absolute Gasteiger partial charge is 0.480 e. The summed E-state index contributed by atoms with van der Waals surface area (Å²) in [5.41, 5.74) is 22.5. The first-order valence-corrected chi connectivity index (χ1v) is 16.9. The zero-order valence-electron chi connectivity index (χ0n) is 29.4. The van der Waals surface area contributed by atoms with Gasteiger partial charge in [-0.15, -0.1) is 0 Å². The molecule has 0 fully saturated rings. The van der Waals surface area contributed by atoms with Crippen LogP contribution in [-0.4, -0.2) is 90.0 Å². The molecule has 0 aliphatic rings. The maximum Gasteiger partial charge on any atom is 0.326 e. The minimum Gasteiger partial charge on any atom is -0.480 e. The summed E-state index contributed by atoms with van der Waals surface area (Å²) >= 11 is 0. The molecule has 0 aromatic heterocycles. The number of hydrogen-bond donors (Lipinski definition) is 10. The zero-order valence-corrected chi connectivity index (χ0v) is 29.4. The number of primary amides is 1. The molecule has 17 nitrogen and oxygen atoms in total. The number of nitrogens with one attached hydrogen (secondary N) is 5. The van der Waals surface area contributed by atoms with Gasteiger partial charge >= 0.3 is 12.0 Å². The van der Waals surface area contributed by atoms with Crippen molar-refractivity contribution in [2.45, 2.75) is 103 Å². The number of aliphatic carboxylic acids is 1. The molecule has 0 saturated heterocycles. The van der Waals surface area contributed by atoms with Crippen molar-refractivity contribution in [3.05, 3.63) is 35.9 Å². The van der Waals surface area contributed by atoms with Crippen LogP contribution in [0.2, 0.25) is 0 Å². The highest BCUT2D eigenvalue weighted by Gasteiger charge is 2.34. The van der Waals surface area contributed by atoms with E-state index < -0.39 is 71.8 Å². The third-order valence-electron chi connectivity index (χ3n) is 7.94. The van der Waals surface area contributed by atoms with Gasteiger partial charge in [0.25, 0.3) is 0 Å². The fourth-order valence-corrected chi connectivity index (χ4v) is 4.96. The highest BCUT2D eigenvalue weighted by Crippen LogP contribution is 2.13. The van der Waals surface area contributed by atoms with Crippen molar-refractivity contribution < 1.29 is 33.9 Å². The molecule has 0 spiro atoms. The highest BCUT2D eigenvalue weighted by molar-refractivity contribution is 5.95. The van der Waals surface area contributed by atoms with Crippen LogP contribution in [0.3, 0.4) is 0 Å². The van der Waals surface area contributed by atoms with Gasteiger partial charge in [-0.25, -0.2) is 9.59 Å². The molecule has 6 amide bonds. The van der Waals surface area contributed by atoms with Gasteiger partial charge in [-0.3, -0.25) is 24.2 Å². The molecule has 17 heteroatoms. The van der Waals surface area contributed by atoms with E-state index in [0.717, 1.165) is 0 Å². The number of benzene rings is 1. The Balaban J connectivity index is 3.15. The van der Waals surface area contributed by atoms with E-state index in [2.05, 4.69) is 31.6 Å². The molecule has 50 heavy (non-hydrogen) atoms. The first-order valence-electron chi connectivity index (χ1n) is 16.9. The Labute approximate surface area is 293 Å². The number of carbonyl (C=O) groups excluding carboxylic acids is 5. The van der Waals surface area contributed by atoms with Crippen molar-refractivity contribution in [2.24, 2.45) is 39.8 Å². The Morgan fingerprint density at radius 1 is 0.780 bits per heavy atom. The summed E-state index contributed by atoms with van der Waals surface area (Å²) < 4.78 is 0. The predicted molar refractivity (Wildman–Crippen MR) is 189 cm³/mol. The van der Waals surface area contributed by atoms with E-state index in [1.54, 1.807) is 37.3 Å². The summed E-state index contributed by atoms with van der Waals surface area (Å²) in [7, 11) is 0. The van der Waals surface area contributed by atoms with Gasteiger partial charge in [-0.1, -0.05) is 64.4 Å². The average Bonchev–Trinajstić information content (AvgIpc) is 3.05. The van der Waals surface area contributed by atoms with Gasteiger partial charge in [0.05, 0.1) is 6.04 Å². The van der Waals surface area contributed by atoms with Gasteiger partial charge in [0.1, 0.15) is 24.2 Å². The molecule has 6 atom stereocenters. The van der Waals surface area contributed by atoms with Crippen LogP contribution in [0.4, 0.5) is 4.79 Å². The number of aliphatic imine (C=N–C) groups is 1. The fourth-order valence-electron chi connectivity index (χ4n) is 4.96. The summed E-state index contributed by atoms with van der Waals surface area (Å²) in [6.07, 6.45) is 1.67. The SMILES string of the molecule is CC[C@H](C)[C@H](NC(=O)[C@H](CC(C)C)NC(=O)[C@H](CCCNC(N)=O)NC(=O)[C@@H](N)CCCN=C(N)N)C(=O)N[C@@H](Cc1ccccc1)C(=O)O. The standard InChI is InChI=1S/C33H56N10O7/c1-5-20(4)26(30(47)42-25(31(48)49)18-21-11-7-6-8-12-21)43-29(46)24(17-19(2)3)41-28(45)23(14-10-16-39-33(37)50)40-27(44)22(34)13-9-15-38-32(35)36/h6-8,11-12,19-20,22-26H,5,9-10,13-18,34H2,1-4H3,(H,40,44)(H,41,45)(H,42,47)(H,43,46)(H,48,49)(H4,35,36,38)(H3,37,39,50)/t20-,22-,23-,24-,25-,26-/m0/s1. The van der Waals surface area contributed by atoms with Crippen LogP contribution in [-0.2, 0) is 30.4 Å². The van der Waals surface area contributed by atoms with E-state index in [-0.39, 0.29) is 57.1 Å². The second-order valence-corrected chi connectivity index (χ2v) is 12.7. The van der Waals surface area contributed by atoms with Crippen LogP contribution in [0.15, 0.2) is 35.3 Å². The lowest BCUT2D eigenvalue weighted by Gasteiger charge is -2.29. The Bertz CT molecular complexity index is 1290. The fraction of sp³-hybridized carbons (Fsp3) is 0.606.